The molecule has 2 rings (SSSR count). The van der Waals surface area contributed by atoms with E-state index in [2.05, 4.69) is 5.32 Å². The molecule has 0 radical (unpaired) electrons. The largest absolute Gasteiger partial charge is 0.350 e. The van der Waals surface area contributed by atoms with Crippen LogP contribution in [0.25, 0.3) is 0 Å². The minimum absolute atomic E-state index is 0.0201. The summed E-state index contributed by atoms with van der Waals surface area (Å²) in [5, 5.41) is 2.80. The van der Waals surface area contributed by atoms with E-state index in [4.69, 9.17) is 0 Å². The van der Waals surface area contributed by atoms with Gasteiger partial charge in [-0.2, -0.15) is 0 Å². The van der Waals surface area contributed by atoms with Gasteiger partial charge in [-0.3, -0.25) is 13.9 Å². The highest BCUT2D eigenvalue weighted by Gasteiger charge is 2.29. The van der Waals surface area contributed by atoms with E-state index >= 15 is 0 Å². The lowest BCUT2D eigenvalue weighted by molar-refractivity contribution is -0.141. The van der Waals surface area contributed by atoms with Crippen molar-refractivity contribution in [3.05, 3.63) is 65.5 Å². The zero-order valence-corrected chi connectivity index (χ0v) is 21.8. The van der Waals surface area contributed by atoms with Crippen LogP contribution >= 0.6 is 0 Å². The average molecular weight is 528 g/mol. The van der Waals surface area contributed by atoms with Crippen LogP contribution in [0.1, 0.15) is 46.1 Å². The maximum atomic E-state index is 14.3. The van der Waals surface area contributed by atoms with Crippen molar-refractivity contribution in [1.82, 2.24) is 10.2 Å². The average Bonchev–Trinajstić information content (AvgIpc) is 2.75. The van der Waals surface area contributed by atoms with Crippen molar-refractivity contribution >= 4 is 27.5 Å². The number of amides is 2. The minimum Gasteiger partial charge on any atom is -0.350 e. The van der Waals surface area contributed by atoms with Gasteiger partial charge >= 0.3 is 0 Å². The fraction of sp³-hybridized carbons (Fsp3) is 0.440. The first-order chi connectivity index (χ1) is 16.6. The van der Waals surface area contributed by atoms with E-state index in [0.717, 1.165) is 28.8 Å². The van der Waals surface area contributed by atoms with Crippen LogP contribution in [0, 0.1) is 17.5 Å². The molecule has 0 saturated heterocycles. The monoisotopic (exact) mass is 527 g/mol. The number of carbonyl (C=O) groups is 2. The van der Waals surface area contributed by atoms with Crippen molar-refractivity contribution in [2.75, 3.05) is 17.1 Å². The Balaban J connectivity index is 2.22. The Morgan fingerprint density at radius 1 is 1.00 bits per heavy atom. The summed E-state index contributed by atoms with van der Waals surface area (Å²) in [6.45, 7) is 6.55. The quantitative estimate of drug-likeness (QED) is 0.507. The third-order valence-corrected chi connectivity index (χ3v) is 6.50. The summed E-state index contributed by atoms with van der Waals surface area (Å²) in [5.41, 5.74) is -0.413. The zero-order chi connectivity index (χ0) is 27.3. The second kappa shape index (κ2) is 11.8. The van der Waals surface area contributed by atoms with Gasteiger partial charge in [-0.05, 0) is 52.3 Å². The van der Waals surface area contributed by atoms with Crippen molar-refractivity contribution in [3.8, 4) is 0 Å². The van der Waals surface area contributed by atoms with Gasteiger partial charge in [0.05, 0.1) is 11.9 Å². The molecule has 0 aliphatic carbocycles. The van der Waals surface area contributed by atoms with Gasteiger partial charge in [0.2, 0.25) is 21.8 Å². The number of halogens is 3. The number of anilines is 1. The Morgan fingerprint density at radius 3 is 2.19 bits per heavy atom. The van der Waals surface area contributed by atoms with Gasteiger partial charge < -0.3 is 10.2 Å². The summed E-state index contributed by atoms with van der Waals surface area (Å²) in [4.78, 5) is 27.2. The molecule has 0 aliphatic rings. The molecule has 36 heavy (non-hydrogen) atoms. The first-order valence-electron chi connectivity index (χ1n) is 11.4. The third-order valence-electron chi connectivity index (χ3n) is 5.31. The van der Waals surface area contributed by atoms with Gasteiger partial charge in [0.25, 0.3) is 0 Å². The standard InChI is InChI=1S/C25H32F3N3O4S/c1-17(24(33)29-25(2,3)4)30(16-18-9-6-7-10-20(18)26)23(32)11-8-14-31(36(5,34)35)19-12-13-21(27)22(28)15-19/h6-7,9-10,12-13,15,17H,8,11,14,16H2,1-5H3,(H,29,33). The fourth-order valence-corrected chi connectivity index (χ4v) is 4.47. The molecule has 1 N–H and O–H groups in total. The zero-order valence-electron chi connectivity index (χ0n) is 21.0. The first-order valence-corrected chi connectivity index (χ1v) is 13.2. The molecule has 0 aromatic heterocycles. The van der Waals surface area contributed by atoms with Crippen LogP contribution in [0.15, 0.2) is 42.5 Å². The SMILES string of the molecule is CC(C(=O)NC(C)(C)C)N(Cc1ccccc1F)C(=O)CCCN(c1ccc(F)c(F)c1)S(C)(=O)=O. The molecule has 0 heterocycles. The molecule has 0 bridgehead atoms. The normalized spacial score (nSPS) is 12.7. The molecule has 0 fully saturated rings. The summed E-state index contributed by atoms with van der Waals surface area (Å²) in [7, 11) is -3.86. The van der Waals surface area contributed by atoms with Crippen LogP contribution < -0.4 is 9.62 Å². The molecule has 2 aromatic carbocycles. The van der Waals surface area contributed by atoms with Gasteiger partial charge in [-0.1, -0.05) is 18.2 Å². The van der Waals surface area contributed by atoms with Gasteiger partial charge in [0.15, 0.2) is 11.6 Å². The highest BCUT2D eigenvalue weighted by molar-refractivity contribution is 7.92. The first kappa shape index (κ1) is 29.2. The lowest BCUT2D eigenvalue weighted by Gasteiger charge is -2.32. The Kier molecular flexibility index (Phi) is 9.53. The molecular weight excluding hydrogens is 495 g/mol. The lowest BCUT2D eigenvalue weighted by atomic mass is 10.1. The van der Waals surface area contributed by atoms with Crippen molar-refractivity contribution in [2.24, 2.45) is 0 Å². The molecule has 1 unspecified atom stereocenters. The number of hydrogen-bond acceptors (Lipinski definition) is 4. The maximum Gasteiger partial charge on any atom is 0.242 e. The van der Waals surface area contributed by atoms with Crippen molar-refractivity contribution in [1.29, 1.82) is 0 Å². The van der Waals surface area contributed by atoms with Crippen molar-refractivity contribution in [3.63, 3.8) is 0 Å². The molecule has 7 nitrogen and oxygen atoms in total. The Labute approximate surface area is 210 Å². The van der Waals surface area contributed by atoms with Crippen LogP contribution in [0.4, 0.5) is 18.9 Å². The molecule has 1 atom stereocenters. The third kappa shape index (κ3) is 8.25. The molecule has 0 spiro atoms. The topological polar surface area (TPSA) is 86.8 Å². The van der Waals surface area contributed by atoms with E-state index in [1.807, 2.05) is 0 Å². The second-order valence-corrected chi connectivity index (χ2v) is 11.5. The highest BCUT2D eigenvalue weighted by Crippen LogP contribution is 2.22. The van der Waals surface area contributed by atoms with E-state index in [1.165, 1.54) is 30.0 Å². The predicted molar refractivity (Wildman–Crippen MR) is 132 cm³/mol. The molecule has 2 amide bonds. The Hall–Kier alpha value is -3.08. The van der Waals surface area contributed by atoms with Gasteiger partial charge in [0.1, 0.15) is 11.9 Å². The second-order valence-electron chi connectivity index (χ2n) is 9.57. The van der Waals surface area contributed by atoms with E-state index < -0.39 is 50.9 Å². The van der Waals surface area contributed by atoms with Crippen LogP contribution in [0.2, 0.25) is 0 Å². The van der Waals surface area contributed by atoms with Gasteiger partial charge in [-0.15, -0.1) is 0 Å². The van der Waals surface area contributed by atoms with Gasteiger partial charge in [0, 0.05) is 36.7 Å². The number of benzene rings is 2. The highest BCUT2D eigenvalue weighted by atomic mass is 32.2. The summed E-state index contributed by atoms with van der Waals surface area (Å²) < 4.78 is 66.7. The maximum absolute atomic E-state index is 14.3. The van der Waals surface area contributed by atoms with E-state index in [0.29, 0.717) is 0 Å². The predicted octanol–water partition coefficient (Wildman–Crippen LogP) is 3.98. The van der Waals surface area contributed by atoms with Gasteiger partial charge in [-0.25, -0.2) is 21.6 Å². The van der Waals surface area contributed by atoms with Crippen molar-refractivity contribution < 1.29 is 31.2 Å². The molecule has 198 valence electrons. The van der Waals surface area contributed by atoms with Crippen molar-refractivity contribution in [2.45, 2.75) is 58.7 Å². The molecule has 0 aliphatic heterocycles. The molecule has 2 aromatic rings. The minimum atomic E-state index is -3.86. The fourth-order valence-electron chi connectivity index (χ4n) is 3.51. The van der Waals surface area contributed by atoms with E-state index in [9.17, 15) is 31.2 Å². The Morgan fingerprint density at radius 2 is 1.64 bits per heavy atom. The molecule has 11 heteroatoms. The number of nitrogens with zero attached hydrogens (tertiary/aromatic N) is 2. The smallest absolute Gasteiger partial charge is 0.242 e. The van der Waals surface area contributed by atoms with E-state index in [1.54, 1.807) is 26.8 Å². The van der Waals surface area contributed by atoms with Crippen LogP contribution in [0.3, 0.4) is 0 Å². The number of nitrogens with one attached hydrogen (secondary N) is 1. The number of carbonyl (C=O) groups excluding carboxylic acids is 2. The summed E-state index contributed by atoms with van der Waals surface area (Å²) in [6.07, 6.45) is 0.767. The lowest BCUT2D eigenvalue weighted by Crippen LogP contribution is -2.52. The number of sulfonamides is 1. The van der Waals surface area contributed by atoms with E-state index in [-0.39, 0.29) is 37.2 Å². The molecular formula is C25H32F3N3O4S. The Bertz CT molecular complexity index is 1200. The number of rotatable bonds is 10. The summed E-state index contributed by atoms with van der Waals surface area (Å²) in [6, 6.07) is 7.67. The van der Waals surface area contributed by atoms with Crippen LogP contribution in [-0.2, 0) is 26.2 Å². The number of hydrogen-bond donors (Lipinski definition) is 1. The van der Waals surface area contributed by atoms with Crippen LogP contribution in [-0.4, -0.2) is 49.5 Å². The molecule has 0 saturated carbocycles. The summed E-state index contributed by atoms with van der Waals surface area (Å²) >= 11 is 0. The summed E-state index contributed by atoms with van der Waals surface area (Å²) in [5.74, 6) is -3.76. The van der Waals surface area contributed by atoms with Crippen LogP contribution in [0.5, 0.6) is 0 Å².